The second-order valence-electron chi connectivity index (χ2n) is 9.44. The van der Waals surface area contributed by atoms with Gasteiger partial charge in [0.05, 0.1) is 11.6 Å². The molecule has 1 saturated heterocycles. The first-order chi connectivity index (χ1) is 18.4. The molecule has 4 aromatic rings. The van der Waals surface area contributed by atoms with Crippen molar-refractivity contribution in [1.29, 1.82) is 0 Å². The van der Waals surface area contributed by atoms with E-state index in [1.165, 1.54) is 4.90 Å². The van der Waals surface area contributed by atoms with E-state index in [0.29, 0.717) is 23.5 Å². The van der Waals surface area contributed by atoms with Crippen molar-refractivity contribution in [1.82, 2.24) is 9.88 Å². The van der Waals surface area contributed by atoms with Gasteiger partial charge in [0.15, 0.2) is 0 Å². The number of aromatic nitrogens is 1. The summed E-state index contributed by atoms with van der Waals surface area (Å²) < 4.78 is 5.93. The number of Topliss-reactive ketones (excluding diaryl/α,β-unsaturated/α-hetero) is 1. The summed E-state index contributed by atoms with van der Waals surface area (Å²) >= 11 is 0. The molecule has 2 heterocycles. The van der Waals surface area contributed by atoms with Crippen molar-refractivity contribution in [2.45, 2.75) is 33.0 Å². The maximum atomic E-state index is 13.4. The summed E-state index contributed by atoms with van der Waals surface area (Å²) in [5.74, 6) is -0.857. The minimum absolute atomic E-state index is 0.0794. The Bertz CT molecular complexity index is 1500. The first-order valence-corrected chi connectivity index (χ1v) is 12.4. The number of hydrogen-bond acceptors (Lipinski definition) is 5. The van der Waals surface area contributed by atoms with Crippen LogP contribution >= 0.6 is 0 Å². The van der Waals surface area contributed by atoms with Crippen LogP contribution in [0, 0.1) is 13.8 Å². The van der Waals surface area contributed by atoms with Crippen molar-refractivity contribution in [3.63, 3.8) is 0 Å². The van der Waals surface area contributed by atoms with Crippen LogP contribution in [0.2, 0.25) is 0 Å². The molecule has 1 unspecified atom stereocenters. The molecule has 6 nitrogen and oxygen atoms in total. The van der Waals surface area contributed by atoms with Crippen molar-refractivity contribution in [3.8, 4) is 5.75 Å². The maximum Gasteiger partial charge on any atom is 0.295 e. The van der Waals surface area contributed by atoms with E-state index < -0.39 is 17.7 Å². The topological polar surface area (TPSA) is 79.7 Å². The van der Waals surface area contributed by atoms with Crippen molar-refractivity contribution in [3.05, 3.63) is 136 Å². The number of likely N-dealkylation sites (tertiary alicyclic amines) is 1. The number of benzene rings is 3. The SMILES string of the molecule is Cc1ccc(C)c(C(O)=C2C(=O)C(=O)N(Cc3ccncc3)C2c2ccc(OCc3ccccc3)cc2)c1. The second kappa shape index (κ2) is 10.7. The fourth-order valence-corrected chi connectivity index (χ4v) is 4.70. The molecular weight excluding hydrogens is 476 g/mol. The smallest absolute Gasteiger partial charge is 0.295 e. The molecule has 1 amide bonds. The van der Waals surface area contributed by atoms with Gasteiger partial charge in [-0.3, -0.25) is 14.6 Å². The zero-order chi connectivity index (χ0) is 26.6. The molecule has 0 radical (unpaired) electrons. The van der Waals surface area contributed by atoms with E-state index >= 15 is 0 Å². The molecule has 1 atom stereocenters. The molecule has 3 aromatic carbocycles. The van der Waals surface area contributed by atoms with Gasteiger partial charge in [-0.15, -0.1) is 0 Å². The first kappa shape index (κ1) is 25.0. The number of carbonyl (C=O) groups is 2. The predicted molar refractivity (Wildman–Crippen MR) is 145 cm³/mol. The van der Waals surface area contributed by atoms with Gasteiger partial charge < -0.3 is 14.7 Å². The van der Waals surface area contributed by atoms with E-state index in [0.717, 1.165) is 22.3 Å². The van der Waals surface area contributed by atoms with Crippen LogP contribution in [0.25, 0.3) is 5.76 Å². The average Bonchev–Trinajstić information content (AvgIpc) is 3.19. The molecule has 0 saturated carbocycles. The monoisotopic (exact) mass is 504 g/mol. The molecule has 1 N–H and O–H groups in total. The van der Waals surface area contributed by atoms with Crippen molar-refractivity contribution in [2.24, 2.45) is 0 Å². The molecule has 1 aliphatic heterocycles. The van der Waals surface area contributed by atoms with Crippen LogP contribution in [0.1, 0.15) is 39.4 Å². The quantitative estimate of drug-likeness (QED) is 0.193. The van der Waals surface area contributed by atoms with Crippen LogP contribution in [0.3, 0.4) is 0 Å². The summed E-state index contributed by atoms with van der Waals surface area (Å²) in [6, 6.07) is 25.7. The molecule has 190 valence electrons. The van der Waals surface area contributed by atoms with Gasteiger partial charge in [0.25, 0.3) is 11.7 Å². The lowest BCUT2D eigenvalue weighted by atomic mass is 9.93. The number of nitrogens with zero attached hydrogens (tertiary/aromatic N) is 2. The number of aryl methyl sites for hydroxylation is 2. The standard InChI is InChI=1S/C32H28N2O4/c1-21-8-9-22(2)27(18-21)30(35)28-29(34(32(37)31(28)36)19-23-14-16-33-17-15-23)25-10-12-26(13-11-25)38-20-24-6-4-3-5-7-24/h3-18,29,35H,19-20H2,1-2H3. The van der Waals surface area contributed by atoms with E-state index in [1.54, 1.807) is 12.4 Å². The number of pyridine rings is 1. The van der Waals surface area contributed by atoms with Gasteiger partial charge >= 0.3 is 0 Å². The predicted octanol–water partition coefficient (Wildman–Crippen LogP) is 5.90. The number of amides is 1. The third kappa shape index (κ3) is 5.06. The summed E-state index contributed by atoms with van der Waals surface area (Å²) in [7, 11) is 0. The molecule has 5 rings (SSSR count). The van der Waals surface area contributed by atoms with Crippen LogP contribution in [-0.2, 0) is 22.7 Å². The summed E-state index contributed by atoms with van der Waals surface area (Å²) in [4.78, 5) is 32.2. The van der Waals surface area contributed by atoms with E-state index in [9.17, 15) is 14.7 Å². The molecule has 0 spiro atoms. The van der Waals surface area contributed by atoms with Gasteiger partial charge in [0.1, 0.15) is 18.1 Å². The van der Waals surface area contributed by atoms with Crippen molar-refractivity contribution in [2.75, 3.05) is 0 Å². The average molecular weight is 505 g/mol. The zero-order valence-electron chi connectivity index (χ0n) is 21.3. The van der Waals surface area contributed by atoms with Gasteiger partial charge in [0, 0.05) is 24.5 Å². The van der Waals surface area contributed by atoms with Gasteiger partial charge in [-0.2, -0.15) is 0 Å². The summed E-state index contributed by atoms with van der Waals surface area (Å²) in [6.45, 7) is 4.42. The van der Waals surface area contributed by atoms with Crippen LogP contribution < -0.4 is 4.74 Å². The fraction of sp³-hybridized carbons (Fsp3) is 0.156. The number of aliphatic hydroxyl groups excluding tert-OH is 1. The Labute approximate surface area is 221 Å². The van der Waals surface area contributed by atoms with Gasteiger partial charge in [0.2, 0.25) is 0 Å². The second-order valence-corrected chi connectivity index (χ2v) is 9.44. The molecule has 1 aromatic heterocycles. The Kier molecular flexibility index (Phi) is 7.05. The number of hydrogen-bond donors (Lipinski definition) is 1. The molecule has 1 fully saturated rings. The molecule has 38 heavy (non-hydrogen) atoms. The molecule has 0 bridgehead atoms. The highest BCUT2D eigenvalue weighted by atomic mass is 16.5. The number of carbonyl (C=O) groups excluding carboxylic acids is 2. The number of aliphatic hydroxyl groups is 1. The highest BCUT2D eigenvalue weighted by molar-refractivity contribution is 6.46. The molecule has 0 aliphatic carbocycles. The molecule has 6 heteroatoms. The Hall–Kier alpha value is -4.71. The van der Waals surface area contributed by atoms with Gasteiger partial charge in [-0.05, 0) is 66.4 Å². The minimum Gasteiger partial charge on any atom is -0.507 e. The van der Waals surface area contributed by atoms with Crippen molar-refractivity contribution >= 4 is 17.4 Å². The van der Waals surface area contributed by atoms with Crippen LogP contribution in [0.4, 0.5) is 0 Å². The molecular formula is C32H28N2O4. The van der Waals surface area contributed by atoms with E-state index in [-0.39, 0.29) is 17.9 Å². The van der Waals surface area contributed by atoms with Crippen molar-refractivity contribution < 1.29 is 19.4 Å². The van der Waals surface area contributed by atoms with Crippen LogP contribution in [0.5, 0.6) is 5.75 Å². The highest BCUT2D eigenvalue weighted by Gasteiger charge is 2.46. The maximum absolute atomic E-state index is 13.4. The van der Waals surface area contributed by atoms with Crippen LogP contribution in [0.15, 0.2) is 103 Å². The Balaban J connectivity index is 1.54. The number of rotatable bonds is 7. The Morgan fingerprint density at radius 2 is 1.61 bits per heavy atom. The minimum atomic E-state index is -0.758. The first-order valence-electron chi connectivity index (χ1n) is 12.4. The van der Waals surface area contributed by atoms with Crippen LogP contribution in [-0.4, -0.2) is 26.7 Å². The third-order valence-electron chi connectivity index (χ3n) is 6.73. The molecule has 1 aliphatic rings. The number of ketones is 1. The highest BCUT2D eigenvalue weighted by Crippen LogP contribution is 2.41. The van der Waals surface area contributed by atoms with E-state index in [4.69, 9.17) is 4.74 Å². The zero-order valence-corrected chi connectivity index (χ0v) is 21.3. The normalized spacial score (nSPS) is 16.6. The fourth-order valence-electron chi connectivity index (χ4n) is 4.70. The summed E-state index contributed by atoms with van der Waals surface area (Å²) in [6.07, 6.45) is 3.30. The summed E-state index contributed by atoms with van der Waals surface area (Å²) in [5, 5.41) is 11.4. The number of ether oxygens (including phenoxy) is 1. The van der Waals surface area contributed by atoms with Gasteiger partial charge in [-0.25, -0.2) is 0 Å². The van der Waals surface area contributed by atoms with E-state index in [1.807, 2.05) is 98.8 Å². The lowest BCUT2D eigenvalue weighted by molar-refractivity contribution is -0.140. The lowest BCUT2D eigenvalue weighted by Crippen LogP contribution is -2.29. The lowest BCUT2D eigenvalue weighted by Gasteiger charge is -2.25. The largest absolute Gasteiger partial charge is 0.507 e. The van der Waals surface area contributed by atoms with Gasteiger partial charge in [-0.1, -0.05) is 60.2 Å². The summed E-state index contributed by atoms with van der Waals surface area (Å²) in [5.41, 5.74) is 4.97. The third-order valence-corrected chi connectivity index (χ3v) is 6.73. The Morgan fingerprint density at radius 1 is 0.895 bits per heavy atom. The van der Waals surface area contributed by atoms with E-state index in [2.05, 4.69) is 4.98 Å². The Morgan fingerprint density at radius 3 is 2.32 bits per heavy atom.